The molecule has 0 fully saturated rings. The molecular weight excluding hydrogens is 329 g/mol. The Balaban J connectivity index is 3.26. The molecule has 6 nitrogen and oxygen atoms in total. The molecule has 0 bridgehead atoms. The van der Waals surface area contributed by atoms with Crippen molar-refractivity contribution in [2.75, 3.05) is 19.0 Å². The maximum Gasteiger partial charge on any atom is 0.339 e. The average Bonchev–Trinajstić information content (AvgIpc) is 2.35. The van der Waals surface area contributed by atoms with Crippen molar-refractivity contribution in [2.45, 2.75) is 0 Å². The molecule has 0 radical (unpaired) electrons. The second kappa shape index (κ2) is 6.55. The van der Waals surface area contributed by atoms with E-state index in [0.717, 1.165) is 6.07 Å². The smallest absolute Gasteiger partial charge is 0.339 e. The predicted octanol–water partition coefficient (Wildman–Crippen LogP) is 2.81. The van der Waals surface area contributed by atoms with E-state index in [0.29, 0.717) is 5.33 Å². The highest BCUT2D eigenvalue weighted by Crippen LogP contribution is 2.33. The Morgan fingerprint density at radius 2 is 2.22 bits per heavy atom. The van der Waals surface area contributed by atoms with Gasteiger partial charge in [0.2, 0.25) is 0 Å². The van der Waals surface area contributed by atoms with E-state index in [1.807, 2.05) is 0 Å². The maximum atomic E-state index is 11.4. The lowest BCUT2D eigenvalue weighted by atomic mass is 10.2. The van der Waals surface area contributed by atoms with Crippen LogP contribution in [0.3, 0.4) is 0 Å². The van der Waals surface area contributed by atoms with Gasteiger partial charge in [-0.05, 0) is 0 Å². The fourth-order valence-corrected chi connectivity index (χ4v) is 1.61. The molecule has 0 atom stereocenters. The minimum Gasteiger partial charge on any atom is -0.486 e. The summed E-state index contributed by atoms with van der Waals surface area (Å²) in [4.78, 5) is 21.6. The normalized spacial score (nSPS) is 9.94. The van der Waals surface area contributed by atoms with Gasteiger partial charge in [0.1, 0.15) is 0 Å². The van der Waals surface area contributed by atoms with Crippen LogP contribution in [0, 0.1) is 10.1 Å². The molecule has 0 aliphatic carbocycles. The first kappa shape index (κ1) is 14.7. The quantitative estimate of drug-likeness (QED) is 0.357. The third-order valence-electron chi connectivity index (χ3n) is 1.99. The van der Waals surface area contributed by atoms with Gasteiger partial charge in [-0.25, -0.2) is 4.79 Å². The Labute approximate surface area is 116 Å². The highest BCUT2D eigenvalue weighted by Gasteiger charge is 2.22. The largest absolute Gasteiger partial charge is 0.486 e. The summed E-state index contributed by atoms with van der Waals surface area (Å²) in [5.74, 6) is -0.706. The van der Waals surface area contributed by atoms with E-state index >= 15 is 0 Å². The maximum absolute atomic E-state index is 11.4. The molecule has 0 heterocycles. The van der Waals surface area contributed by atoms with Gasteiger partial charge in [-0.1, -0.05) is 27.5 Å². The molecule has 1 aromatic carbocycles. The van der Waals surface area contributed by atoms with E-state index in [9.17, 15) is 14.9 Å². The van der Waals surface area contributed by atoms with E-state index < -0.39 is 10.9 Å². The fourth-order valence-electron chi connectivity index (χ4n) is 1.22. The molecule has 98 valence electrons. The molecule has 0 saturated carbocycles. The highest BCUT2D eigenvalue weighted by atomic mass is 79.9. The molecule has 8 heteroatoms. The molecule has 0 aromatic heterocycles. The number of alkyl halides is 1. The van der Waals surface area contributed by atoms with Crippen molar-refractivity contribution in [1.29, 1.82) is 0 Å². The Morgan fingerprint density at radius 3 is 2.72 bits per heavy atom. The number of carbonyl (C=O) groups excluding carboxylic acids is 1. The van der Waals surface area contributed by atoms with E-state index in [1.165, 1.54) is 13.2 Å². The van der Waals surface area contributed by atoms with Crippen molar-refractivity contribution in [3.8, 4) is 5.75 Å². The van der Waals surface area contributed by atoms with Crippen LogP contribution in [0.15, 0.2) is 12.1 Å². The van der Waals surface area contributed by atoms with Gasteiger partial charge in [0, 0.05) is 17.5 Å². The average molecular weight is 339 g/mol. The lowest BCUT2D eigenvalue weighted by molar-refractivity contribution is -0.385. The number of nitro benzene ring substituents is 1. The number of esters is 1. The number of rotatable bonds is 5. The summed E-state index contributed by atoms with van der Waals surface area (Å²) < 4.78 is 9.70. The van der Waals surface area contributed by atoms with Gasteiger partial charge in [-0.3, -0.25) is 10.1 Å². The minimum atomic E-state index is -0.682. The number of methoxy groups -OCH3 is 1. The van der Waals surface area contributed by atoms with E-state index in [1.54, 1.807) is 0 Å². The minimum absolute atomic E-state index is 0.0225. The van der Waals surface area contributed by atoms with E-state index in [4.69, 9.17) is 16.3 Å². The van der Waals surface area contributed by atoms with Crippen molar-refractivity contribution < 1.29 is 19.2 Å². The monoisotopic (exact) mass is 337 g/mol. The fraction of sp³-hybridized carbons (Fsp3) is 0.300. The molecule has 0 aliphatic heterocycles. The molecular formula is C10H9BrClNO5. The Bertz CT molecular complexity index is 480. The molecule has 18 heavy (non-hydrogen) atoms. The number of benzene rings is 1. The van der Waals surface area contributed by atoms with E-state index in [2.05, 4.69) is 20.7 Å². The Morgan fingerprint density at radius 1 is 1.56 bits per heavy atom. The van der Waals surface area contributed by atoms with Gasteiger partial charge in [0.15, 0.2) is 5.75 Å². The van der Waals surface area contributed by atoms with Crippen LogP contribution >= 0.6 is 27.5 Å². The van der Waals surface area contributed by atoms with Crippen LogP contribution in [0.2, 0.25) is 5.02 Å². The summed E-state index contributed by atoms with van der Waals surface area (Å²) in [6.07, 6.45) is 0. The standard InChI is InChI=1S/C10H9BrClNO5/c1-17-10(14)6-4-9(18-3-2-11)8(13(15)16)5-7(6)12/h4-5H,2-3H2,1H3. The van der Waals surface area contributed by atoms with Gasteiger partial charge in [-0.2, -0.15) is 0 Å². The second-order valence-corrected chi connectivity index (χ2v) is 4.29. The molecule has 0 spiro atoms. The van der Waals surface area contributed by atoms with Crippen molar-refractivity contribution in [3.05, 3.63) is 32.8 Å². The third-order valence-corrected chi connectivity index (χ3v) is 2.62. The predicted molar refractivity (Wildman–Crippen MR) is 68.7 cm³/mol. The van der Waals surface area contributed by atoms with E-state index in [-0.39, 0.29) is 28.6 Å². The molecule has 0 amide bonds. The SMILES string of the molecule is COC(=O)c1cc(OCCBr)c([N+](=O)[O-])cc1Cl. The van der Waals surface area contributed by atoms with Gasteiger partial charge in [0.05, 0.1) is 29.2 Å². The Kier molecular flexibility index (Phi) is 5.36. The number of hydrogen-bond acceptors (Lipinski definition) is 5. The molecule has 0 aliphatic rings. The number of halogens is 2. The number of nitrogens with zero attached hydrogens (tertiary/aromatic N) is 1. The first-order chi connectivity index (χ1) is 8.51. The zero-order valence-corrected chi connectivity index (χ0v) is 11.7. The van der Waals surface area contributed by atoms with Crippen LogP contribution in [0.25, 0.3) is 0 Å². The zero-order chi connectivity index (χ0) is 13.7. The third kappa shape index (κ3) is 3.33. The number of hydrogen-bond donors (Lipinski definition) is 0. The van der Waals surface area contributed by atoms with Gasteiger partial charge in [0.25, 0.3) is 0 Å². The summed E-state index contributed by atoms with van der Waals surface area (Å²) in [6.45, 7) is 0.225. The van der Waals surface area contributed by atoms with Gasteiger partial charge in [-0.15, -0.1) is 0 Å². The Hall–Kier alpha value is -1.34. The summed E-state index contributed by atoms with van der Waals surface area (Å²) in [5, 5.41) is 11.3. The topological polar surface area (TPSA) is 78.7 Å². The molecule has 1 rings (SSSR count). The first-order valence-corrected chi connectivity index (χ1v) is 6.26. The molecule has 0 N–H and O–H groups in total. The first-order valence-electron chi connectivity index (χ1n) is 4.76. The van der Waals surface area contributed by atoms with Crippen LogP contribution in [-0.4, -0.2) is 29.9 Å². The number of carbonyl (C=O) groups is 1. The van der Waals surface area contributed by atoms with Crippen LogP contribution in [-0.2, 0) is 4.74 Å². The van der Waals surface area contributed by atoms with Gasteiger partial charge < -0.3 is 9.47 Å². The van der Waals surface area contributed by atoms with Gasteiger partial charge >= 0.3 is 11.7 Å². The molecule has 0 unspecified atom stereocenters. The lowest BCUT2D eigenvalue weighted by Gasteiger charge is -2.08. The number of nitro groups is 1. The van der Waals surface area contributed by atoms with Crippen molar-refractivity contribution >= 4 is 39.2 Å². The van der Waals surface area contributed by atoms with Crippen LogP contribution in [0.4, 0.5) is 5.69 Å². The lowest BCUT2D eigenvalue weighted by Crippen LogP contribution is -2.06. The van der Waals surface area contributed by atoms with Crippen molar-refractivity contribution in [3.63, 3.8) is 0 Å². The summed E-state index contributed by atoms with van der Waals surface area (Å²) in [7, 11) is 1.19. The van der Waals surface area contributed by atoms with Crippen LogP contribution < -0.4 is 4.74 Å². The summed E-state index contributed by atoms with van der Waals surface area (Å²) in [5.41, 5.74) is -0.275. The van der Waals surface area contributed by atoms with Crippen LogP contribution in [0.1, 0.15) is 10.4 Å². The molecule has 1 aromatic rings. The van der Waals surface area contributed by atoms with Crippen LogP contribution in [0.5, 0.6) is 5.75 Å². The molecule has 0 saturated heterocycles. The summed E-state index contributed by atoms with van der Waals surface area (Å²) in [6, 6.07) is 2.27. The summed E-state index contributed by atoms with van der Waals surface area (Å²) >= 11 is 8.91. The number of ether oxygens (including phenoxy) is 2. The van der Waals surface area contributed by atoms with Crippen molar-refractivity contribution in [2.24, 2.45) is 0 Å². The highest BCUT2D eigenvalue weighted by molar-refractivity contribution is 9.09. The van der Waals surface area contributed by atoms with Crippen molar-refractivity contribution in [1.82, 2.24) is 0 Å². The second-order valence-electron chi connectivity index (χ2n) is 3.09. The zero-order valence-electron chi connectivity index (χ0n) is 9.31.